The first-order chi connectivity index (χ1) is 15.4. The smallest absolute Gasteiger partial charge is 0.312 e. The Labute approximate surface area is 204 Å². The van der Waals surface area contributed by atoms with Gasteiger partial charge in [-0.1, -0.05) is 31.9 Å². The van der Waals surface area contributed by atoms with Crippen molar-refractivity contribution in [2.75, 3.05) is 34.0 Å². The molecule has 2 atom stereocenters. The predicted molar refractivity (Wildman–Crippen MR) is 128 cm³/mol. The zero-order chi connectivity index (χ0) is 23.3. The SMILES string of the molecule is CCOC(=O)C1COc2c(OC)ccc(Br)c2C1.COc1ccc(Br)c2c1OCC(N)C2. The topological polar surface area (TPSA) is 89.2 Å². The summed E-state index contributed by atoms with van der Waals surface area (Å²) in [4.78, 5) is 11.7. The Morgan fingerprint density at radius 2 is 1.50 bits per heavy atom. The number of nitrogens with two attached hydrogens (primary N) is 1. The van der Waals surface area contributed by atoms with Gasteiger partial charge in [-0.2, -0.15) is 0 Å². The number of ether oxygens (including phenoxy) is 5. The summed E-state index contributed by atoms with van der Waals surface area (Å²) in [7, 11) is 3.24. The summed E-state index contributed by atoms with van der Waals surface area (Å²) >= 11 is 6.96. The van der Waals surface area contributed by atoms with Gasteiger partial charge in [-0.25, -0.2) is 0 Å². The number of hydrogen-bond donors (Lipinski definition) is 1. The minimum atomic E-state index is -0.249. The summed E-state index contributed by atoms with van der Waals surface area (Å²) in [5, 5.41) is 0. The van der Waals surface area contributed by atoms with Crippen LogP contribution in [0.15, 0.2) is 33.2 Å². The standard InChI is InChI=1S/C13H15BrO4.C10H12BrNO2/c1-3-17-13(15)8-6-9-10(14)4-5-11(16-2)12(9)18-7-8;1-13-9-3-2-8(11)7-4-6(12)5-14-10(7)9/h4-5,8H,3,6-7H2,1-2H3;2-3,6H,4-5,12H2,1H3. The highest BCUT2D eigenvalue weighted by molar-refractivity contribution is 9.10. The minimum absolute atomic E-state index is 0.0749. The van der Waals surface area contributed by atoms with Crippen molar-refractivity contribution in [2.24, 2.45) is 11.7 Å². The van der Waals surface area contributed by atoms with E-state index < -0.39 is 0 Å². The Morgan fingerprint density at radius 1 is 0.969 bits per heavy atom. The van der Waals surface area contributed by atoms with Gasteiger partial charge in [0.15, 0.2) is 23.0 Å². The van der Waals surface area contributed by atoms with Gasteiger partial charge in [-0.3, -0.25) is 4.79 Å². The van der Waals surface area contributed by atoms with E-state index >= 15 is 0 Å². The molecule has 0 bridgehead atoms. The fourth-order valence-corrected chi connectivity index (χ4v) is 4.54. The van der Waals surface area contributed by atoms with E-state index in [9.17, 15) is 4.79 Å². The monoisotopic (exact) mass is 571 g/mol. The van der Waals surface area contributed by atoms with Crippen molar-refractivity contribution in [1.82, 2.24) is 0 Å². The highest BCUT2D eigenvalue weighted by atomic mass is 79.9. The van der Waals surface area contributed by atoms with Crippen LogP contribution in [0, 0.1) is 5.92 Å². The largest absolute Gasteiger partial charge is 0.493 e. The maximum Gasteiger partial charge on any atom is 0.312 e. The Kier molecular flexibility index (Phi) is 8.67. The first-order valence-electron chi connectivity index (χ1n) is 10.3. The first-order valence-corrected chi connectivity index (χ1v) is 11.9. The van der Waals surface area contributed by atoms with Gasteiger partial charge in [0.05, 0.1) is 26.7 Å². The van der Waals surface area contributed by atoms with Crippen LogP contribution in [0.4, 0.5) is 0 Å². The van der Waals surface area contributed by atoms with E-state index in [4.69, 9.17) is 29.4 Å². The second-order valence-corrected chi connectivity index (χ2v) is 9.06. The third-order valence-electron chi connectivity index (χ3n) is 5.18. The molecule has 2 aromatic rings. The van der Waals surface area contributed by atoms with E-state index in [1.54, 1.807) is 21.1 Å². The maximum atomic E-state index is 11.7. The highest BCUT2D eigenvalue weighted by Crippen LogP contribution is 2.41. The lowest BCUT2D eigenvalue weighted by Gasteiger charge is -2.26. The van der Waals surface area contributed by atoms with Crippen molar-refractivity contribution in [1.29, 1.82) is 0 Å². The summed E-state index contributed by atoms with van der Waals surface area (Å²) < 4.78 is 28.7. The van der Waals surface area contributed by atoms with E-state index in [1.165, 1.54) is 0 Å². The Balaban J connectivity index is 0.000000186. The number of halogens is 2. The lowest BCUT2D eigenvalue weighted by atomic mass is 9.96. The van der Waals surface area contributed by atoms with Crippen molar-refractivity contribution in [3.8, 4) is 23.0 Å². The number of fused-ring (bicyclic) bond motifs is 2. The molecule has 2 N–H and O–H groups in total. The summed E-state index contributed by atoms with van der Waals surface area (Å²) in [6.07, 6.45) is 1.43. The van der Waals surface area contributed by atoms with E-state index in [2.05, 4.69) is 31.9 Å². The average molecular weight is 573 g/mol. The van der Waals surface area contributed by atoms with Crippen LogP contribution >= 0.6 is 31.9 Å². The van der Waals surface area contributed by atoms with Crippen LogP contribution in [-0.2, 0) is 22.4 Å². The molecule has 0 saturated heterocycles. The fraction of sp³-hybridized carbons (Fsp3) is 0.435. The molecule has 174 valence electrons. The summed E-state index contributed by atoms with van der Waals surface area (Å²) in [6, 6.07) is 7.66. The van der Waals surface area contributed by atoms with Gasteiger partial charge < -0.3 is 29.4 Å². The van der Waals surface area contributed by atoms with Gasteiger partial charge in [-0.05, 0) is 44.0 Å². The molecule has 0 fully saturated rings. The van der Waals surface area contributed by atoms with Gasteiger partial charge in [0.25, 0.3) is 0 Å². The van der Waals surface area contributed by atoms with E-state index in [0.29, 0.717) is 37.7 Å². The van der Waals surface area contributed by atoms with Gasteiger partial charge in [0.2, 0.25) is 0 Å². The van der Waals surface area contributed by atoms with Crippen molar-refractivity contribution >= 4 is 37.8 Å². The quantitative estimate of drug-likeness (QED) is 0.547. The van der Waals surface area contributed by atoms with Crippen molar-refractivity contribution < 1.29 is 28.5 Å². The summed E-state index contributed by atoms with van der Waals surface area (Å²) in [6.45, 7) is 3.08. The summed E-state index contributed by atoms with van der Waals surface area (Å²) in [5.74, 6) is 2.54. The predicted octanol–water partition coefficient (Wildman–Crippen LogP) is 4.29. The Morgan fingerprint density at radius 3 is 2.03 bits per heavy atom. The number of hydrogen-bond acceptors (Lipinski definition) is 7. The van der Waals surface area contributed by atoms with Crippen LogP contribution < -0.4 is 24.7 Å². The number of methoxy groups -OCH3 is 2. The third-order valence-corrected chi connectivity index (χ3v) is 6.67. The number of rotatable bonds is 4. The molecule has 0 radical (unpaired) electrons. The zero-order valence-electron chi connectivity index (χ0n) is 18.3. The molecule has 32 heavy (non-hydrogen) atoms. The van der Waals surface area contributed by atoms with Gasteiger partial charge in [0.1, 0.15) is 13.2 Å². The molecule has 0 saturated carbocycles. The lowest BCUT2D eigenvalue weighted by Crippen LogP contribution is -2.34. The molecule has 2 aromatic carbocycles. The zero-order valence-corrected chi connectivity index (χ0v) is 21.5. The highest BCUT2D eigenvalue weighted by Gasteiger charge is 2.30. The molecule has 0 aliphatic carbocycles. The Hall–Kier alpha value is -1.97. The third kappa shape index (κ3) is 5.50. The van der Waals surface area contributed by atoms with E-state index in [1.807, 2.05) is 24.3 Å². The van der Waals surface area contributed by atoms with Crippen LogP contribution in [0.5, 0.6) is 23.0 Å². The molecule has 2 heterocycles. The maximum absolute atomic E-state index is 11.7. The van der Waals surface area contributed by atoms with Crippen LogP contribution in [-0.4, -0.2) is 46.1 Å². The number of carbonyl (C=O) groups is 1. The van der Waals surface area contributed by atoms with Crippen LogP contribution in [0.1, 0.15) is 18.1 Å². The molecule has 7 nitrogen and oxygen atoms in total. The van der Waals surface area contributed by atoms with Gasteiger partial charge in [0, 0.05) is 26.1 Å². The molecular weight excluding hydrogens is 546 g/mol. The number of esters is 1. The van der Waals surface area contributed by atoms with Crippen LogP contribution in [0.2, 0.25) is 0 Å². The number of benzene rings is 2. The second kappa shape index (κ2) is 11.2. The van der Waals surface area contributed by atoms with Crippen molar-refractivity contribution in [3.05, 3.63) is 44.3 Å². The van der Waals surface area contributed by atoms with Crippen molar-refractivity contribution in [3.63, 3.8) is 0 Å². The van der Waals surface area contributed by atoms with E-state index in [-0.39, 0.29) is 17.9 Å². The van der Waals surface area contributed by atoms with Gasteiger partial charge in [-0.15, -0.1) is 0 Å². The molecule has 2 aliphatic rings. The molecule has 2 aliphatic heterocycles. The molecule has 0 spiro atoms. The normalized spacial score (nSPS) is 18.6. The fourth-order valence-electron chi connectivity index (χ4n) is 3.60. The lowest BCUT2D eigenvalue weighted by molar-refractivity contribution is -0.149. The molecule has 2 unspecified atom stereocenters. The molecule has 0 amide bonds. The molecule has 0 aromatic heterocycles. The molecule has 9 heteroatoms. The van der Waals surface area contributed by atoms with Crippen LogP contribution in [0.3, 0.4) is 0 Å². The van der Waals surface area contributed by atoms with Gasteiger partial charge >= 0.3 is 5.97 Å². The average Bonchev–Trinajstić information content (AvgIpc) is 2.80. The van der Waals surface area contributed by atoms with Crippen molar-refractivity contribution in [2.45, 2.75) is 25.8 Å². The molecule has 4 rings (SSSR count). The first kappa shape index (κ1) is 24.7. The molecular formula is C23H27Br2NO6. The summed E-state index contributed by atoms with van der Waals surface area (Å²) in [5.41, 5.74) is 7.88. The van der Waals surface area contributed by atoms with E-state index in [0.717, 1.165) is 38.0 Å². The minimum Gasteiger partial charge on any atom is -0.493 e. The Bertz CT molecular complexity index is 968. The van der Waals surface area contributed by atoms with Crippen LogP contribution in [0.25, 0.3) is 0 Å². The number of carbonyl (C=O) groups excluding carboxylic acids is 1. The second-order valence-electron chi connectivity index (χ2n) is 7.35.